The van der Waals surface area contributed by atoms with Crippen LogP contribution in [-0.2, 0) is 20.0 Å². The van der Waals surface area contributed by atoms with Crippen LogP contribution < -0.4 is 5.32 Å². The first-order chi connectivity index (χ1) is 8.16. The van der Waals surface area contributed by atoms with Gasteiger partial charge in [0.05, 0.1) is 0 Å². The van der Waals surface area contributed by atoms with E-state index in [0.29, 0.717) is 0 Å². The summed E-state index contributed by atoms with van der Waals surface area (Å²) in [5, 5.41) is 7.64. The molecular formula is C13H19N3S. The summed E-state index contributed by atoms with van der Waals surface area (Å²) in [7, 11) is 1.99. The quantitative estimate of drug-likeness (QED) is 0.825. The van der Waals surface area contributed by atoms with E-state index >= 15 is 0 Å². The molecule has 0 atom stereocenters. The lowest BCUT2D eigenvalue weighted by molar-refractivity contribution is 0.646. The summed E-state index contributed by atoms with van der Waals surface area (Å²) < 4.78 is 1.93. The zero-order valence-electron chi connectivity index (χ0n) is 10.7. The van der Waals surface area contributed by atoms with Gasteiger partial charge in [-0.15, -0.1) is 11.3 Å². The normalized spacial score (nSPS) is 11.0. The third-order valence-electron chi connectivity index (χ3n) is 3.00. The minimum atomic E-state index is 0.969. The van der Waals surface area contributed by atoms with Gasteiger partial charge in [-0.2, -0.15) is 5.10 Å². The lowest BCUT2D eigenvalue weighted by atomic mass is 10.3. The van der Waals surface area contributed by atoms with Crippen molar-refractivity contribution >= 4 is 11.3 Å². The molecule has 0 amide bonds. The SMILES string of the molecule is Cc1cc(CNCCc2ccnn2C)sc1C. The Balaban J connectivity index is 1.75. The predicted molar refractivity (Wildman–Crippen MR) is 72.4 cm³/mol. The number of nitrogens with zero attached hydrogens (tertiary/aromatic N) is 2. The topological polar surface area (TPSA) is 29.9 Å². The molecule has 0 fully saturated rings. The zero-order valence-corrected chi connectivity index (χ0v) is 11.5. The van der Waals surface area contributed by atoms with Gasteiger partial charge in [0.2, 0.25) is 0 Å². The van der Waals surface area contributed by atoms with Crippen LogP contribution in [0.25, 0.3) is 0 Å². The largest absolute Gasteiger partial charge is 0.311 e. The highest BCUT2D eigenvalue weighted by Gasteiger charge is 2.01. The monoisotopic (exact) mass is 249 g/mol. The molecule has 0 aliphatic carbocycles. The standard InChI is InChI=1S/C13H19N3S/c1-10-8-13(17-11(10)2)9-14-6-4-12-5-7-15-16(12)3/h5,7-8,14H,4,6,9H2,1-3H3. The summed E-state index contributed by atoms with van der Waals surface area (Å²) in [6.45, 7) is 6.32. The second-order valence-electron chi connectivity index (χ2n) is 4.32. The molecule has 2 aromatic rings. The molecule has 0 radical (unpaired) electrons. The Labute approximate surface area is 106 Å². The van der Waals surface area contributed by atoms with Gasteiger partial charge in [0.1, 0.15) is 0 Å². The highest BCUT2D eigenvalue weighted by atomic mass is 32.1. The van der Waals surface area contributed by atoms with Gasteiger partial charge in [0, 0.05) is 48.2 Å². The van der Waals surface area contributed by atoms with Gasteiger partial charge >= 0.3 is 0 Å². The predicted octanol–water partition coefficient (Wildman–Crippen LogP) is 2.43. The van der Waals surface area contributed by atoms with E-state index in [0.717, 1.165) is 19.5 Å². The number of aromatic nitrogens is 2. The smallest absolute Gasteiger partial charge is 0.0492 e. The van der Waals surface area contributed by atoms with Crippen LogP contribution in [0.15, 0.2) is 18.3 Å². The van der Waals surface area contributed by atoms with E-state index in [4.69, 9.17) is 0 Å². The Morgan fingerprint density at radius 2 is 2.24 bits per heavy atom. The molecule has 17 heavy (non-hydrogen) atoms. The van der Waals surface area contributed by atoms with Gasteiger partial charge in [-0.05, 0) is 31.5 Å². The van der Waals surface area contributed by atoms with E-state index in [9.17, 15) is 0 Å². The Morgan fingerprint density at radius 1 is 1.41 bits per heavy atom. The highest BCUT2D eigenvalue weighted by molar-refractivity contribution is 7.12. The molecule has 1 N–H and O–H groups in total. The number of rotatable bonds is 5. The number of aryl methyl sites for hydroxylation is 3. The number of thiophene rings is 1. The van der Waals surface area contributed by atoms with Crippen LogP contribution in [0.5, 0.6) is 0 Å². The van der Waals surface area contributed by atoms with Crippen LogP contribution in [0, 0.1) is 13.8 Å². The van der Waals surface area contributed by atoms with Crippen LogP contribution in [0.4, 0.5) is 0 Å². The Kier molecular flexibility index (Phi) is 3.97. The van der Waals surface area contributed by atoms with Gasteiger partial charge in [-0.3, -0.25) is 4.68 Å². The van der Waals surface area contributed by atoms with Crippen molar-refractivity contribution < 1.29 is 0 Å². The lowest BCUT2D eigenvalue weighted by Gasteiger charge is -2.03. The Bertz CT molecular complexity index is 465. The summed E-state index contributed by atoms with van der Waals surface area (Å²) in [6.07, 6.45) is 2.88. The first-order valence-corrected chi connectivity index (χ1v) is 6.72. The molecule has 0 saturated heterocycles. The molecular weight excluding hydrogens is 230 g/mol. The van der Waals surface area contributed by atoms with Gasteiger partial charge in [0.15, 0.2) is 0 Å². The van der Waals surface area contributed by atoms with Crippen LogP contribution in [0.1, 0.15) is 21.0 Å². The van der Waals surface area contributed by atoms with Gasteiger partial charge in [-0.25, -0.2) is 0 Å². The van der Waals surface area contributed by atoms with Crippen molar-refractivity contribution in [2.75, 3.05) is 6.54 Å². The fourth-order valence-corrected chi connectivity index (χ4v) is 2.83. The fourth-order valence-electron chi connectivity index (χ4n) is 1.81. The second kappa shape index (κ2) is 5.47. The molecule has 0 aliphatic rings. The third-order valence-corrected chi connectivity index (χ3v) is 4.15. The third kappa shape index (κ3) is 3.17. The van der Waals surface area contributed by atoms with Crippen molar-refractivity contribution in [3.8, 4) is 0 Å². The first-order valence-electron chi connectivity index (χ1n) is 5.90. The molecule has 92 valence electrons. The Hall–Kier alpha value is -1.13. The van der Waals surface area contributed by atoms with Gasteiger partial charge in [-0.1, -0.05) is 0 Å². The molecule has 0 aromatic carbocycles. The molecule has 0 aliphatic heterocycles. The van der Waals surface area contributed by atoms with Crippen molar-refractivity contribution in [3.05, 3.63) is 39.3 Å². The van der Waals surface area contributed by atoms with Crippen LogP contribution in [-0.4, -0.2) is 16.3 Å². The van der Waals surface area contributed by atoms with Crippen molar-refractivity contribution in [2.24, 2.45) is 7.05 Å². The summed E-state index contributed by atoms with van der Waals surface area (Å²) in [5.74, 6) is 0. The molecule has 0 spiro atoms. The summed E-state index contributed by atoms with van der Waals surface area (Å²) in [4.78, 5) is 2.85. The molecule has 4 heteroatoms. The minimum Gasteiger partial charge on any atom is -0.311 e. The minimum absolute atomic E-state index is 0.969. The average molecular weight is 249 g/mol. The van der Waals surface area contributed by atoms with E-state index in [1.165, 1.54) is 21.0 Å². The molecule has 2 heterocycles. The van der Waals surface area contributed by atoms with Crippen molar-refractivity contribution in [3.63, 3.8) is 0 Å². The fraction of sp³-hybridized carbons (Fsp3) is 0.462. The first kappa shape index (κ1) is 12.3. The van der Waals surface area contributed by atoms with E-state index in [1.807, 2.05) is 29.3 Å². The van der Waals surface area contributed by atoms with E-state index < -0.39 is 0 Å². The average Bonchev–Trinajstić information content (AvgIpc) is 2.82. The van der Waals surface area contributed by atoms with E-state index in [2.05, 4.69) is 36.4 Å². The Morgan fingerprint density at radius 3 is 2.82 bits per heavy atom. The van der Waals surface area contributed by atoms with E-state index in [-0.39, 0.29) is 0 Å². The van der Waals surface area contributed by atoms with Crippen LogP contribution in [0.3, 0.4) is 0 Å². The molecule has 0 saturated carbocycles. The van der Waals surface area contributed by atoms with Crippen molar-refractivity contribution in [2.45, 2.75) is 26.8 Å². The van der Waals surface area contributed by atoms with Crippen molar-refractivity contribution in [1.29, 1.82) is 0 Å². The summed E-state index contributed by atoms with van der Waals surface area (Å²) in [6, 6.07) is 4.35. The summed E-state index contributed by atoms with van der Waals surface area (Å²) >= 11 is 1.89. The number of hydrogen-bond donors (Lipinski definition) is 1. The maximum absolute atomic E-state index is 4.16. The second-order valence-corrected chi connectivity index (χ2v) is 5.67. The number of nitrogens with one attached hydrogen (secondary N) is 1. The maximum atomic E-state index is 4.16. The molecule has 2 aromatic heterocycles. The maximum Gasteiger partial charge on any atom is 0.0492 e. The van der Waals surface area contributed by atoms with Crippen molar-refractivity contribution in [1.82, 2.24) is 15.1 Å². The molecule has 2 rings (SSSR count). The van der Waals surface area contributed by atoms with Crippen LogP contribution >= 0.6 is 11.3 Å². The molecule has 3 nitrogen and oxygen atoms in total. The zero-order chi connectivity index (χ0) is 12.3. The van der Waals surface area contributed by atoms with Gasteiger partial charge in [0.25, 0.3) is 0 Å². The van der Waals surface area contributed by atoms with E-state index in [1.54, 1.807) is 0 Å². The van der Waals surface area contributed by atoms with Gasteiger partial charge < -0.3 is 5.32 Å². The summed E-state index contributed by atoms with van der Waals surface area (Å²) in [5.41, 5.74) is 2.68. The number of hydrogen-bond acceptors (Lipinski definition) is 3. The van der Waals surface area contributed by atoms with Crippen LogP contribution in [0.2, 0.25) is 0 Å². The lowest BCUT2D eigenvalue weighted by Crippen LogP contribution is -2.17. The molecule has 0 unspecified atom stereocenters. The highest BCUT2D eigenvalue weighted by Crippen LogP contribution is 2.20. The molecule has 0 bridgehead atoms.